The molecule has 0 spiro atoms. The molecule has 4 nitrogen and oxygen atoms in total. The van der Waals surface area contributed by atoms with Crippen molar-refractivity contribution in [3.8, 4) is 0 Å². The average molecular weight is 247 g/mol. The van der Waals surface area contributed by atoms with Crippen LogP contribution in [0.25, 0.3) is 0 Å². The number of fused-ring (bicyclic) bond motifs is 1. The highest BCUT2D eigenvalue weighted by atomic mass is 32.2. The van der Waals surface area contributed by atoms with Crippen LogP contribution in [-0.2, 0) is 14.6 Å². The summed E-state index contributed by atoms with van der Waals surface area (Å²) in [6, 6.07) is 0.00461. The minimum atomic E-state index is -2.85. The van der Waals surface area contributed by atoms with E-state index in [4.69, 9.17) is 4.74 Å². The highest BCUT2D eigenvalue weighted by Crippen LogP contribution is 2.30. The van der Waals surface area contributed by atoms with Crippen LogP contribution in [0.2, 0.25) is 0 Å². The van der Waals surface area contributed by atoms with Gasteiger partial charge in [0.25, 0.3) is 0 Å². The Morgan fingerprint density at radius 2 is 2.06 bits per heavy atom. The molecule has 0 aromatic heterocycles. The van der Waals surface area contributed by atoms with Gasteiger partial charge in [0, 0.05) is 12.6 Å². The minimum absolute atomic E-state index is 0.00461. The quantitative estimate of drug-likeness (QED) is 0.781. The lowest BCUT2D eigenvalue weighted by molar-refractivity contribution is -0.137. The molecule has 5 heteroatoms. The Labute approximate surface area is 97.7 Å². The first-order valence-corrected chi connectivity index (χ1v) is 7.94. The predicted molar refractivity (Wildman–Crippen MR) is 63.2 cm³/mol. The van der Waals surface area contributed by atoms with Crippen LogP contribution in [0, 0.1) is 0 Å². The van der Waals surface area contributed by atoms with Gasteiger partial charge in [0.05, 0.1) is 23.2 Å². The van der Waals surface area contributed by atoms with E-state index in [1.165, 1.54) is 0 Å². The first-order valence-electron chi connectivity index (χ1n) is 6.12. The zero-order chi connectivity index (χ0) is 11.8. The van der Waals surface area contributed by atoms with Crippen LogP contribution in [0.1, 0.15) is 33.1 Å². The number of hydrogen-bond donors (Lipinski definition) is 1. The van der Waals surface area contributed by atoms with Gasteiger partial charge in [-0.05, 0) is 19.3 Å². The van der Waals surface area contributed by atoms with E-state index < -0.39 is 9.84 Å². The highest BCUT2D eigenvalue weighted by molar-refractivity contribution is 7.91. The smallest absolute Gasteiger partial charge is 0.152 e. The third-order valence-electron chi connectivity index (χ3n) is 3.97. The Kier molecular flexibility index (Phi) is 3.29. The number of nitrogens with one attached hydrogen (secondary N) is 1. The van der Waals surface area contributed by atoms with Gasteiger partial charge in [0.2, 0.25) is 0 Å². The van der Waals surface area contributed by atoms with Crippen LogP contribution in [0.4, 0.5) is 0 Å². The first-order chi connectivity index (χ1) is 7.50. The topological polar surface area (TPSA) is 55.4 Å². The standard InChI is InChI=1S/C11H21NO3S/c1-3-11(4-2)8-12-9-7-16(13,14)6-5-10(9)15-11/h9-10,12H,3-8H2,1-2H3. The van der Waals surface area contributed by atoms with Crippen molar-refractivity contribution in [3.05, 3.63) is 0 Å². The summed E-state index contributed by atoms with van der Waals surface area (Å²) in [6.07, 6.45) is 2.68. The van der Waals surface area contributed by atoms with Crippen molar-refractivity contribution in [1.82, 2.24) is 5.32 Å². The molecule has 0 bridgehead atoms. The zero-order valence-electron chi connectivity index (χ0n) is 10.0. The Bertz CT molecular complexity index is 348. The fourth-order valence-corrected chi connectivity index (χ4v) is 4.28. The van der Waals surface area contributed by atoms with Crippen molar-refractivity contribution >= 4 is 9.84 Å². The van der Waals surface area contributed by atoms with Gasteiger partial charge in [-0.25, -0.2) is 8.42 Å². The number of morpholine rings is 1. The molecule has 0 aromatic rings. The van der Waals surface area contributed by atoms with Crippen molar-refractivity contribution in [2.24, 2.45) is 0 Å². The molecule has 0 saturated carbocycles. The molecule has 2 saturated heterocycles. The summed E-state index contributed by atoms with van der Waals surface area (Å²) in [5, 5.41) is 3.37. The second-order valence-corrected chi connectivity index (χ2v) is 7.17. The number of rotatable bonds is 2. The van der Waals surface area contributed by atoms with E-state index in [-0.39, 0.29) is 29.3 Å². The Morgan fingerprint density at radius 1 is 1.38 bits per heavy atom. The minimum Gasteiger partial charge on any atom is -0.369 e. The molecule has 0 aliphatic carbocycles. The second kappa shape index (κ2) is 4.27. The summed E-state index contributed by atoms with van der Waals surface area (Å²) in [5.41, 5.74) is -0.0811. The van der Waals surface area contributed by atoms with Crippen LogP contribution in [0.3, 0.4) is 0 Å². The molecule has 0 radical (unpaired) electrons. The normalized spacial score (nSPS) is 36.6. The Hall–Kier alpha value is -0.130. The molecular weight excluding hydrogens is 226 g/mol. The van der Waals surface area contributed by atoms with Crippen molar-refractivity contribution in [3.63, 3.8) is 0 Å². The molecule has 2 unspecified atom stereocenters. The fraction of sp³-hybridized carbons (Fsp3) is 1.00. The molecule has 16 heavy (non-hydrogen) atoms. The average Bonchev–Trinajstić information content (AvgIpc) is 2.28. The molecule has 0 amide bonds. The van der Waals surface area contributed by atoms with Gasteiger partial charge in [-0.15, -0.1) is 0 Å². The molecule has 2 rings (SSSR count). The van der Waals surface area contributed by atoms with Crippen LogP contribution >= 0.6 is 0 Å². The molecule has 1 N–H and O–H groups in total. The summed E-state index contributed by atoms with van der Waals surface area (Å²) < 4.78 is 29.2. The first kappa shape index (κ1) is 12.3. The monoisotopic (exact) mass is 247 g/mol. The third kappa shape index (κ3) is 2.26. The number of hydrogen-bond acceptors (Lipinski definition) is 4. The fourth-order valence-electron chi connectivity index (χ4n) is 2.64. The SMILES string of the molecule is CCC1(CC)CNC2CS(=O)(=O)CCC2O1. The molecular formula is C11H21NO3S. The lowest BCUT2D eigenvalue weighted by Gasteiger charge is -2.46. The third-order valence-corrected chi connectivity index (χ3v) is 5.70. The molecule has 0 aromatic carbocycles. The summed E-state index contributed by atoms with van der Waals surface area (Å²) >= 11 is 0. The molecule has 2 atom stereocenters. The van der Waals surface area contributed by atoms with Crippen molar-refractivity contribution in [1.29, 1.82) is 0 Å². The second-order valence-electron chi connectivity index (χ2n) is 4.94. The van der Waals surface area contributed by atoms with Gasteiger partial charge in [-0.2, -0.15) is 0 Å². The van der Waals surface area contributed by atoms with Crippen LogP contribution in [-0.4, -0.2) is 44.2 Å². The number of sulfone groups is 1. The van der Waals surface area contributed by atoms with Gasteiger partial charge in [0.15, 0.2) is 9.84 Å². The van der Waals surface area contributed by atoms with Crippen LogP contribution in [0.15, 0.2) is 0 Å². The van der Waals surface area contributed by atoms with E-state index in [0.717, 1.165) is 19.4 Å². The summed E-state index contributed by atoms with van der Waals surface area (Å²) in [4.78, 5) is 0. The molecule has 2 heterocycles. The van der Waals surface area contributed by atoms with Crippen LogP contribution < -0.4 is 5.32 Å². The zero-order valence-corrected chi connectivity index (χ0v) is 10.8. The summed E-state index contributed by atoms with van der Waals surface area (Å²) in [5.74, 6) is 0.514. The van der Waals surface area contributed by atoms with Crippen molar-refractivity contribution < 1.29 is 13.2 Å². The maximum atomic E-state index is 11.5. The summed E-state index contributed by atoms with van der Waals surface area (Å²) in [6.45, 7) is 5.03. The van der Waals surface area contributed by atoms with Crippen LogP contribution in [0.5, 0.6) is 0 Å². The lowest BCUT2D eigenvalue weighted by atomic mass is 9.92. The van der Waals surface area contributed by atoms with E-state index in [0.29, 0.717) is 6.42 Å². The largest absolute Gasteiger partial charge is 0.369 e. The Balaban J connectivity index is 2.08. The van der Waals surface area contributed by atoms with E-state index in [9.17, 15) is 8.42 Å². The van der Waals surface area contributed by atoms with Gasteiger partial charge < -0.3 is 10.1 Å². The lowest BCUT2D eigenvalue weighted by Crippen LogP contribution is -2.62. The summed E-state index contributed by atoms with van der Waals surface area (Å²) in [7, 11) is -2.85. The van der Waals surface area contributed by atoms with E-state index >= 15 is 0 Å². The van der Waals surface area contributed by atoms with Gasteiger partial charge in [-0.1, -0.05) is 13.8 Å². The van der Waals surface area contributed by atoms with Gasteiger partial charge >= 0.3 is 0 Å². The Morgan fingerprint density at radius 3 is 2.69 bits per heavy atom. The van der Waals surface area contributed by atoms with Gasteiger partial charge in [0.1, 0.15) is 0 Å². The molecule has 94 valence electrons. The van der Waals surface area contributed by atoms with E-state index in [1.807, 2.05) is 0 Å². The van der Waals surface area contributed by atoms with Crippen molar-refractivity contribution in [2.45, 2.75) is 50.9 Å². The predicted octanol–water partition coefficient (Wildman–Crippen LogP) is 0.721. The number of ether oxygens (including phenoxy) is 1. The highest BCUT2D eigenvalue weighted by Gasteiger charge is 2.43. The molecule has 2 aliphatic rings. The maximum absolute atomic E-state index is 11.5. The van der Waals surface area contributed by atoms with E-state index in [2.05, 4.69) is 19.2 Å². The molecule has 2 fully saturated rings. The molecule has 2 aliphatic heterocycles. The maximum Gasteiger partial charge on any atom is 0.152 e. The van der Waals surface area contributed by atoms with Gasteiger partial charge in [-0.3, -0.25) is 0 Å². The van der Waals surface area contributed by atoms with Crippen molar-refractivity contribution in [2.75, 3.05) is 18.1 Å². The van der Waals surface area contributed by atoms with E-state index in [1.54, 1.807) is 0 Å².